The Morgan fingerprint density at radius 1 is 0.960 bits per heavy atom. The summed E-state index contributed by atoms with van der Waals surface area (Å²) in [6.07, 6.45) is 0. The number of hydrogen-bond donors (Lipinski definition) is 3. The number of aromatic nitrogens is 3. The highest BCUT2D eigenvalue weighted by molar-refractivity contribution is 5.68. The Hall–Kier alpha value is -3.02. The van der Waals surface area contributed by atoms with E-state index in [9.17, 15) is 15.3 Å². The highest BCUT2D eigenvalue weighted by atomic mass is 16.3. The first kappa shape index (κ1) is 16.8. The van der Waals surface area contributed by atoms with Crippen LogP contribution in [0.2, 0.25) is 0 Å². The summed E-state index contributed by atoms with van der Waals surface area (Å²) in [6, 6.07) is 10.7. The van der Waals surface area contributed by atoms with E-state index in [2.05, 4.69) is 10.2 Å². The lowest BCUT2D eigenvalue weighted by Gasteiger charge is -2.13. The summed E-state index contributed by atoms with van der Waals surface area (Å²) in [5.74, 6) is 0.336. The second kappa shape index (κ2) is 6.47. The van der Waals surface area contributed by atoms with Gasteiger partial charge in [0.25, 0.3) is 0 Å². The molecule has 3 rings (SSSR count). The van der Waals surface area contributed by atoms with Crippen molar-refractivity contribution in [1.29, 1.82) is 0 Å². The van der Waals surface area contributed by atoms with E-state index in [1.807, 2.05) is 45.0 Å². The standard InChI is InChI=1S/C19H21N3O3/c1-11(2)14-8-15(17(24)9-16(14)23)18-20-21-19(25)22(18)10-13-6-4-12(3)5-7-13/h4-9,11,23-24H,10H2,1-3H3,(H,21,25). The summed E-state index contributed by atoms with van der Waals surface area (Å²) >= 11 is 0. The Kier molecular flexibility index (Phi) is 4.35. The van der Waals surface area contributed by atoms with Crippen molar-refractivity contribution in [3.8, 4) is 28.9 Å². The fraction of sp³-hybridized carbons (Fsp3) is 0.263. The topological polar surface area (TPSA) is 91.4 Å². The quantitative estimate of drug-likeness (QED) is 0.676. The molecule has 0 unspecified atom stereocenters. The molecule has 0 saturated carbocycles. The zero-order chi connectivity index (χ0) is 18.1. The van der Waals surface area contributed by atoms with Gasteiger partial charge >= 0.3 is 6.01 Å². The zero-order valence-corrected chi connectivity index (χ0v) is 14.4. The number of aromatic hydroxyl groups is 3. The van der Waals surface area contributed by atoms with Gasteiger partial charge in [-0.2, -0.15) is 0 Å². The molecule has 0 aliphatic carbocycles. The summed E-state index contributed by atoms with van der Waals surface area (Å²) in [7, 11) is 0. The number of phenols is 2. The van der Waals surface area contributed by atoms with Crippen LogP contribution in [0.5, 0.6) is 17.5 Å². The van der Waals surface area contributed by atoms with Gasteiger partial charge in [-0.25, -0.2) is 0 Å². The Labute approximate surface area is 146 Å². The van der Waals surface area contributed by atoms with Crippen LogP contribution in [-0.2, 0) is 6.54 Å². The molecule has 25 heavy (non-hydrogen) atoms. The van der Waals surface area contributed by atoms with Crippen molar-refractivity contribution < 1.29 is 15.3 Å². The van der Waals surface area contributed by atoms with Crippen LogP contribution in [0, 0.1) is 6.92 Å². The van der Waals surface area contributed by atoms with E-state index in [1.54, 1.807) is 6.07 Å². The molecule has 0 saturated heterocycles. The molecule has 0 spiro atoms. The molecule has 0 aliphatic rings. The molecule has 3 aromatic rings. The van der Waals surface area contributed by atoms with E-state index in [0.29, 0.717) is 23.5 Å². The van der Waals surface area contributed by atoms with Gasteiger partial charge in [0.2, 0.25) is 0 Å². The minimum atomic E-state index is -0.228. The van der Waals surface area contributed by atoms with E-state index in [4.69, 9.17) is 0 Å². The average molecular weight is 339 g/mol. The summed E-state index contributed by atoms with van der Waals surface area (Å²) in [5, 5.41) is 38.1. The van der Waals surface area contributed by atoms with Crippen molar-refractivity contribution in [1.82, 2.24) is 14.8 Å². The predicted molar refractivity (Wildman–Crippen MR) is 94.8 cm³/mol. The smallest absolute Gasteiger partial charge is 0.315 e. The summed E-state index contributed by atoms with van der Waals surface area (Å²) in [6.45, 7) is 6.27. The molecule has 0 atom stereocenters. The normalized spacial score (nSPS) is 11.2. The second-order valence-corrected chi connectivity index (χ2v) is 6.48. The fourth-order valence-electron chi connectivity index (χ4n) is 2.75. The van der Waals surface area contributed by atoms with Crippen LogP contribution in [-0.4, -0.2) is 30.1 Å². The highest BCUT2D eigenvalue weighted by Gasteiger charge is 2.19. The first-order valence-electron chi connectivity index (χ1n) is 8.10. The van der Waals surface area contributed by atoms with E-state index >= 15 is 0 Å². The largest absolute Gasteiger partial charge is 0.508 e. The van der Waals surface area contributed by atoms with Crippen LogP contribution in [0.3, 0.4) is 0 Å². The van der Waals surface area contributed by atoms with Crippen LogP contribution in [0.4, 0.5) is 0 Å². The van der Waals surface area contributed by atoms with Gasteiger partial charge < -0.3 is 15.3 Å². The van der Waals surface area contributed by atoms with Crippen molar-refractivity contribution in [3.05, 3.63) is 53.1 Å². The van der Waals surface area contributed by atoms with E-state index in [0.717, 1.165) is 11.1 Å². The number of phenolic OH excluding ortho intramolecular Hbond substituents is 2. The molecule has 130 valence electrons. The predicted octanol–water partition coefficient (Wildman–Crippen LogP) is 3.54. The van der Waals surface area contributed by atoms with Gasteiger partial charge in [-0.15, -0.1) is 5.10 Å². The lowest BCUT2D eigenvalue weighted by Crippen LogP contribution is -2.03. The van der Waals surface area contributed by atoms with Crippen LogP contribution < -0.4 is 0 Å². The van der Waals surface area contributed by atoms with Crippen LogP contribution in [0.15, 0.2) is 36.4 Å². The third kappa shape index (κ3) is 3.28. The zero-order valence-electron chi connectivity index (χ0n) is 14.4. The lowest BCUT2D eigenvalue weighted by molar-refractivity contribution is 0.404. The molecule has 0 radical (unpaired) electrons. The molecule has 3 N–H and O–H groups in total. The number of benzene rings is 2. The number of nitrogens with zero attached hydrogens (tertiary/aromatic N) is 3. The average Bonchev–Trinajstić information content (AvgIpc) is 2.90. The Bertz CT molecular complexity index is 899. The van der Waals surface area contributed by atoms with E-state index in [-0.39, 0.29) is 23.4 Å². The number of hydrogen-bond acceptors (Lipinski definition) is 5. The van der Waals surface area contributed by atoms with E-state index < -0.39 is 0 Å². The van der Waals surface area contributed by atoms with Crippen LogP contribution in [0.25, 0.3) is 11.4 Å². The van der Waals surface area contributed by atoms with Gasteiger partial charge in [0, 0.05) is 6.07 Å². The Morgan fingerprint density at radius 2 is 1.64 bits per heavy atom. The van der Waals surface area contributed by atoms with Crippen LogP contribution >= 0.6 is 0 Å². The number of rotatable bonds is 4. The minimum absolute atomic E-state index is 0.0325. The molecule has 6 nitrogen and oxygen atoms in total. The highest BCUT2D eigenvalue weighted by Crippen LogP contribution is 2.38. The van der Waals surface area contributed by atoms with Gasteiger partial charge in [-0.3, -0.25) is 4.57 Å². The minimum Gasteiger partial charge on any atom is -0.508 e. The molecule has 0 aliphatic heterocycles. The molecule has 0 amide bonds. The molecule has 6 heteroatoms. The maximum Gasteiger partial charge on any atom is 0.315 e. The molecular formula is C19H21N3O3. The monoisotopic (exact) mass is 339 g/mol. The third-order valence-electron chi connectivity index (χ3n) is 4.20. The lowest BCUT2D eigenvalue weighted by atomic mass is 9.98. The molecule has 1 aromatic heterocycles. The Balaban J connectivity index is 2.07. The van der Waals surface area contributed by atoms with Crippen molar-refractivity contribution >= 4 is 0 Å². The van der Waals surface area contributed by atoms with Crippen molar-refractivity contribution in [3.63, 3.8) is 0 Å². The van der Waals surface area contributed by atoms with Gasteiger partial charge in [0.05, 0.1) is 12.1 Å². The first-order valence-corrected chi connectivity index (χ1v) is 8.10. The van der Waals surface area contributed by atoms with Gasteiger partial charge in [-0.05, 0) is 30.0 Å². The fourth-order valence-corrected chi connectivity index (χ4v) is 2.75. The summed E-state index contributed by atoms with van der Waals surface area (Å²) in [5.41, 5.74) is 3.23. The van der Waals surface area contributed by atoms with E-state index in [1.165, 1.54) is 10.6 Å². The number of aryl methyl sites for hydroxylation is 1. The second-order valence-electron chi connectivity index (χ2n) is 6.48. The SMILES string of the molecule is Cc1ccc(Cn2c(O)nnc2-c2cc(C(C)C)c(O)cc2O)cc1. The van der Waals surface area contributed by atoms with Gasteiger partial charge in [0.1, 0.15) is 11.5 Å². The maximum atomic E-state index is 10.3. The van der Waals surface area contributed by atoms with Crippen molar-refractivity contribution in [2.24, 2.45) is 0 Å². The van der Waals surface area contributed by atoms with Crippen LogP contribution in [0.1, 0.15) is 36.5 Å². The maximum absolute atomic E-state index is 10.3. The van der Waals surface area contributed by atoms with Gasteiger partial charge in [-0.1, -0.05) is 48.8 Å². The molecule has 2 aromatic carbocycles. The molecule has 0 bridgehead atoms. The molecule has 0 fully saturated rings. The van der Waals surface area contributed by atoms with Crippen molar-refractivity contribution in [2.45, 2.75) is 33.2 Å². The molecular weight excluding hydrogens is 318 g/mol. The summed E-state index contributed by atoms with van der Waals surface area (Å²) < 4.78 is 1.53. The molecule has 1 heterocycles. The summed E-state index contributed by atoms with van der Waals surface area (Å²) in [4.78, 5) is 0. The Morgan fingerprint density at radius 3 is 2.28 bits per heavy atom. The van der Waals surface area contributed by atoms with Crippen molar-refractivity contribution in [2.75, 3.05) is 0 Å². The third-order valence-corrected chi connectivity index (χ3v) is 4.20. The van der Waals surface area contributed by atoms with Gasteiger partial charge in [0.15, 0.2) is 5.82 Å². The first-order chi connectivity index (χ1) is 11.9.